The molecule has 106 valence electrons. The first kappa shape index (κ1) is 12.0. The minimum atomic E-state index is 0.926. The third-order valence-corrected chi connectivity index (χ3v) is 4.52. The lowest BCUT2D eigenvalue weighted by Gasteiger charge is -2.29. The minimum Gasteiger partial charge on any atom is -0.370 e. The number of benzene rings is 1. The van der Waals surface area contributed by atoms with Crippen LogP contribution in [0.5, 0.6) is 0 Å². The van der Waals surface area contributed by atoms with Gasteiger partial charge in [-0.1, -0.05) is 0 Å². The third-order valence-electron chi connectivity index (χ3n) is 4.52. The van der Waals surface area contributed by atoms with E-state index in [9.17, 15) is 0 Å². The molecule has 0 atom stereocenters. The quantitative estimate of drug-likeness (QED) is 0.841. The highest BCUT2D eigenvalue weighted by atomic mass is 16.6. The zero-order valence-corrected chi connectivity index (χ0v) is 11.7. The fourth-order valence-corrected chi connectivity index (χ4v) is 3.44. The molecule has 0 amide bonds. The molecule has 4 rings (SSSR count). The molecule has 0 radical (unpaired) electrons. The lowest BCUT2D eigenvalue weighted by atomic mass is 10.1. The maximum Gasteiger partial charge on any atom is 0.160 e. The molecule has 0 aliphatic carbocycles. The Balaban J connectivity index is 1.76. The molecule has 20 heavy (non-hydrogen) atoms. The average molecular weight is 272 g/mol. The lowest BCUT2D eigenvalue weighted by Crippen LogP contribution is -2.29. The second kappa shape index (κ2) is 4.96. The summed E-state index contributed by atoms with van der Waals surface area (Å²) >= 11 is 0. The molecule has 5 heteroatoms. The SMILES string of the molecule is c1cc(N2CCCC2)c2nonc2c1N1CCCCC1. The van der Waals surface area contributed by atoms with Crippen molar-refractivity contribution in [3.63, 3.8) is 0 Å². The Morgan fingerprint density at radius 3 is 1.65 bits per heavy atom. The molecule has 2 fully saturated rings. The topological polar surface area (TPSA) is 45.4 Å². The Labute approximate surface area is 118 Å². The molecule has 1 aromatic carbocycles. The number of nitrogens with zero attached hydrogens (tertiary/aromatic N) is 4. The predicted molar refractivity (Wildman–Crippen MR) is 79.3 cm³/mol. The number of aromatic nitrogens is 2. The molecule has 2 saturated heterocycles. The van der Waals surface area contributed by atoms with Crippen LogP contribution in [0.3, 0.4) is 0 Å². The summed E-state index contributed by atoms with van der Waals surface area (Å²) < 4.78 is 5.04. The molecule has 5 nitrogen and oxygen atoms in total. The molecule has 0 bridgehead atoms. The smallest absolute Gasteiger partial charge is 0.160 e. The summed E-state index contributed by atoms with van der Waals surface area (Å²) in [7, 11) is 0. The van der Waals surface area contributed by atoms with Gasteiger partial charge in [0.05, 0.1) is 11.4 Å². The van der Waals surface area contributed by atoms with Crippen molar-refractivity contribution >= 4 is 22.4 Å². The van der Waals surface area contributed by atoms with Crippen molar-refractivity contribution in [1.29, 1.82) is 0 Å². The van der Waals surface area contributed by atoms with Crippen molar-refractivity contribution in [3.05, 3.63) is 12.1 Å². The Kier molecular flexibility index (Phi) is 2.98. The van der Waals surface area contributed by atoms with Crippen LogP contribution in [0.2, 0.25) is 0 Å². The monoisotopic (exact) mass is 272 g/mol. The normalized spacial score (nSPS) is 20.0. The number of piperidine rings is 1. The van der Waals surface area contributed by atoms with Crippen LogP contribution in [0.25, 0.3) is 11.0 Å². The van der Waals surface area contributed by atoms with Crippen molar-refractivity contribution in [3.8, 4) is 0 Å². The molecular weight excluding hydrogens is 252 g/mol. The zero-order valence-electron chi connectivity index (χ0n) is 11.7. The van der Waals surface area contributed by atoms with Crippen LogP contribution in [0.1, 0.15) is 32.1 Å². The first-order valence-corrected chi connectivity index (χ1v) is 7.69. The summed E-state index contributed by atoms with van der Waals surface area (Å²) in [6.45, 7) is 4.46. The Morgan fingerprint density at radius 2 is 1.15 bits per heavy atom. The standard InChI is InChI=1S/C15H20N4O/c1-2-8-18(9-3-1)12-6-7-13(19-10-4-5-11-19)15-14(12)16-20-17-15/h6-7H,1-5,8-11H2. The van der Waals surface area contributed by atoms with Gasteiger partial charge in [0.25, 0.3) is 0 Å². The van der Waals surface area contributed by atoms with E-state index in [0.29, 0.717) is 0 Å². The van der Waals surface area contributed by atoms with E-state index in [1.807, 2.05) is 0 Å². The van der Waals surface area contributed by atoms with E-state index in [1.165, 1.54) is 43.5 Å². The summed E-state index contributed by atoms with van der Waals surface area (Å²) in [6, 6.07) is 4.40. The van der Waals surface area contributed by atoms with Crippen molar-refractivity contribution in [2.75, 3.05) is 36.0 Å². The van der Waals surface area contributed by atoms with Gasteiger partial charge in [-0.25, -0.2) is 4.63 Å². The molecule has 1 aromatic heterocycles. The molecule has 2 aliphatic rings. The maximum absolute atomic E-state index is 5.04. The van der Waals surface area contributed by atoms with Gasteiger partial charge in [0.2, 0.25) is 0 Å². The average Bonchev–Trinajstić information content (AvgIpc) is 3.18. The van der Waals surface area contributed by atoms with Crippen molar-refractivity contribution in [2.45, 2.75) is 32.1 Å². The fraction of sp³-hybridized carbons (Fsp3) is 0.600. The van der Waals surface area contributed by atoms with Gasteiger partial charge in [-0.15, -0.1) is 0 Å². The van der Waals surface area contributed by atoms with Crippen LogP contribution < -0.4 is 9.80 Å². The molecule has 0 unspecified atom stereocenters. The van der Waals surface area contributed by atoms with Gasteiger partial charge >= 0.3 is 0 Å². The van der Waals surface area contributed by atoms with Crippen LogP contribution in [-0.4, -0.2) is 36.5 Å². The highest BCUT2D eigenvalue weighted by Gasteiger charge is 2.22. The van der Waals surface area contributed by atoms with Gasteiger partial charge in [0, 0.05) is 26.2 Å². The van der Waals surface area contributed by atoms with Crippen molar-refractivity contribution in [2.24, 2.45) is 0 Å². The summed E-state index contributed by atoms with van der Waals surface area (Å²) in [5.74, 6) is 0. The number of rotatable bonds is 2. The maximum atomic E-state index is 5.04. The zero-order chi connectivity index (χ0) is 13.4. The first-order chi connectivity index (χ1) is 9.93. The number of hydrogen-bond acceptors (Lipinski definition) is 5. The second-order valence-electron chi connectivity index (χ2n) is 5.81. The van der Waals surface area contributed by atoms with Crippen LogP contribution >= 0.6 is 0 Å². The van der Waals surface area contributed by atoms with Crippen molar-refractivity contribution < 1.29 is 4.63 Å². The largest absolute Gasteiger partial charge is 0.370 e. The molecule has 2 aromatic rings. The van der Waals surface area contributed by atoms with E-state index in [2.05, 4.69) is 32.2 Å². The van der Waals surface area contributed by atoms with Crippen LogP contribution in [-0.2, 0) is 0 Å². The molecule has 0 spiro atoms. The molecular formula is C15H20N4O. The van der Waals surface area contributed by atoms with Gasteiger partial charge in [-0.2, -0.15) is 0 Å². The summed E-state index contributed by atoms with van der Waals surface area (Å²) in [5.41, 5.74) is 4.22. The number of hydrogen-bond donors (Lipinski definition) is 0. The van der Waals surface area contributed by atoms with E-state index in [4.69, 9.17) is 4.63 Å². The fourth-order valence-electron chi connectivity index (χ4n) is 3.44. The van der Waals surface area contributed by atoms with E-state index < -0.39 is 0 Å². The van der Waals surface area contributed by atoms with Crippen LogP contribution in [0.4, 0.5) is 11.4 Å². The molecule has 0 saturated carbocycles. The van der Waals surface area contributed by atoms with E-state index >= 15 is 0 Å². The van der Waals surface area contributed by atoms with Gasteiger partial charge in [-0.05, 0) is 54.6 Å². The summed E-state index contributed by atoms with van der Waals surface area (Å²) in [4.78, 5) is 4.82. The highest BCUT2D eigenvalue weighted by Crippen LogP contribution is 2.34. The van der Waals surface area contributed by atoms with E-state index in [1.54, 1.807) is 0 Å². The van der Waals surface area contributed by atoms with Gasteiger partial charge in [0.1, 0.15) is 0 Å². The Morgan fingerprint density at radius 1 is 0.700 bits per heavy atom. The van der Waals surface area contributed by atoms with Crippen molar-refractivity contribution in [1.82, 2.24) is 10.3 Å². The Hall–Kier alpha value is -1.78. The third kappa shape index (κ3) is 1.92. The highest BCUT2D eigenvalue weighted by molar-refractivity contribution is 5.96. The lowest BCUT2D eigenvalue weighted by molar-refractivity contribution is 0.315. The second-order valence-corrected chi connectivity index (χ2v) is 5.81. The predicted octanol–water partition coefficient (Wildman–Crippen LogP) is 2.81. The molecule has 2 aliphatic heterocycles. The summed E-state index contributed by atoms with van der Waals surface area (Å²) in [5, 5.41) is 8.34. The summed E-state index contributed by atoms with van der Waals surface area (Å²) in [6.07, 6.45) is 6.39. The van der Waals surface area contributed by atoms with Gasteiger partial charge in [-0.3, -0.25) is 0 Å². The number of fused-ring (bicyclic) bond motifs is 1. The minimum absolute atomic E-state index is 0.926. The van der Waals surface area contributed by atoms with Gasteiger partial charge in [0.15, 0.2) is 11.0 Å². The van der Waals surface area contributed by atoms with Gasteiger partial charge < -0.3 is 9.80 Å². The molecule has 0 N–H and O–H groups in total. The van der Waals surface area contributed by atoms with E-state index in [-0.39, 0.29) is 0 Å². The van der Waals surface area contributed by atoms with E-state index in [0.717, 1.165) is 37.2 Å². The van der Waals surface area contributed by atoms with Crippen LogP contribution in [0, 0.1) is 0 Å². The first-order valence-electron chi connectivity index (χ1n) is 7.69. The number of anilines is 2. The van der Waals surface area contributed by atoms with Crippen LogP contribution in [0.15, 0.2) is 16.8 Å². The molecule has 3 heterocycles. The Bertz CT molecular complexity index is 597.